The first-order valence-corrected chi connectivity index (χ1v) is 6.64. The molecule has 0 bridgehead atoms. The van der Waals surface area contributed by atoms with Gasteiger partial charge in [0.05, 0.1) is 0 Å². The van der Waals surface area contributed by atoms with E-state index in [0.717, 1.165) is 24.2 Å². The summed E-state index contributed by atoms with van der Waals surface area (Å²) in [5.41, 5.74) is 1.82. The highest BCUT2D eigenvalue weighted by Gasteiger charge is 2.07. The lowest BCUT2D eigenvalue weighted by Crippen LogP contribution is -2.21. The predicted octanol–water partition coefficient (Wildman–Crippen LogP) is 2.85. The second-order valence-corrected chi connectivity index (χ2v) is 4.37. The van der Waals surface area contributed by atoms with Crippen LogP contribution in [-0.2, 0) is 4.79 Å². The van der Waals surface area contributed by atoms with Crippen LogP contribution in [0.2, 0.25) is 0 Å². The minimum absolute atomic E-state index is 0.417. The zero-order valence-corrected chi connectivity index (χ0v) is 11.6. The Kier molecular flexibility index (Phi) is 4.35. The van der Waals surface area contributed by atoms with E-state index in [1.165, 1.54) is 12.1 Å². The number of anilines is 1. The predicted molar refractivity (Wildman–Crippen MR) is 81.1 cm³/mol. The third-order valence-corrected chi connectivity index (χ3v) is 3.24. The molecule has 0 aliphatic heterocycles. The third-order valence-electron chi connectivity index (χ3n) is 3.24. The first kappa shape index (κ1) is 14.1. The van der Waals surface area contributed by atoms with Gasteiger partial charge in [-0.25, -0.2) is 4.79 Å². The lowest BCUT2D eigenvalue weighted by atomic mass is 10.1. The monoisotopic (exact) mass is 271 g/mol. The number of hydrogen-bond acceptors (Lipinski definition) is 4. The van der Waals surface area contributed by atoms with Gasteiger partial charge in [0.2, 0.25) is 0 Å². The van der Waals surface area contributed by atoms with Crippen LogP contribution < -0.4 is 10.5 Å². The van der Waals surface area contributed by atoms with Crippen molar-refractivity contribution in [2.75, 3.05) is 18.0 Å². The summed E-state index contributed by atoms with van der Waals surface area (Å²) in [5.74, 6) is 0. The molecule has 0 amide bonds. The van der Waals surface area contributed by atoms with Gasteiger partial charge in [-0.15, -0.1) is 0 Å². The van der Waals surface area contributed by atoms with Crippen LogP contribution in [0.5, 0.6) is 0 Å². The average Bonchev–Trinajstić information content (AvgIpc) is 2.45. The van der Waals surface area contributed by atoms with Crippen molar-refractivity contribution < 1.29 is 9.21 Å². The Hall–Kier alpha value is -2.36. The zero-order chi connectivity index (χ0) is 14.5. The molecule has 0 saturated heterocycles. The highest BCUT2D eigenvalue weighted by molar-refractivity contribution is 5.90. The molecular weight excluding hydrogens is 254 g/mol. The number of hydrogen-bond donors (Lipinski definition) is 0. The molecule has 1 heterocycles. The van der Waals surface area contributed by atoms with Crippen molar-refractivity contribution in [2.24, 2.45) is 0 Å². The maximum atomic E-state index is 11.6. The molecule has 0 atom stereocenters. The maximum absolute atomic E-state index is 11.6. The van der Waals surface area contributed by atoms with Gasteiger partial charge in [0.15, 0.2) is 0 Å². The van der Waals surface area contributed by atoms with Crippen molar-refractivity contribution in [1.82, 2.24) is 0 Å². The molecule has 20 heavy (non-hydrogen) atoms. The number of rotatable bonds is 5. The van der Waals surface area contributed by atoms with Gasteiger partial charge >= 0.3 is 5.63 Å². The van der Waals surface area contributed by atoms with E-state index in [-0.39, 0.29) is 0 Å². The quantitative estimate of drug-likeness (QED) is 0.476. The van der Waals surface area contributed by atoms with E-state index in [4.69, 9.17) is 4.42 Å². The smallest absolute Gasteiger partial charge is 0.336 e. The Labute approximate surface area is 117 Å². The number of benzene rings is 1. The molecule has 0 radical (unpaired) electrons. The average molecular weight is 271 g/mol. The molecule has 0 saturated carbocycles. The lowest BCUT2D eigenvalue weighted by Gasteiger charge is -2.21. The molecule has 0 N–H and O–H groups in total. The van der Waals surface area contributed by atoms with Crippen LogP contribution in [0.3, 0.4) is 0 Å². The minimum Gasteiger partial charge on any atom is -0.423 e. The van der Waals surface area contributed by atoms with Crippen LogP contribution in [-0.4, -0.2) is 19.4 Å². The van der Waals surface area contributed by atoms with Gasteiger partial charge in [-0.1, -0.05) is 6.08 Å². The summed E-state index contributed by atoms with van der Waals surface area (Å²) in [6, 6.07) is 7.16. The summed E-state index contributed by atoms with van der Waals surface area (Å²) in [6.07, 6.45) is 3.67. The van der Waals surface area contributed by atoms with Crippen molar-refractivity contribution in [2.45, 2.75) is 13.8 Å². The van der Waals surface area contributed by atoms with E-state index < -0.39 is 5.63 Å². The summed E-state index contributed by atoms with van der Waals surface area (Å²) in [4.78, 5) is 24.2. The standard InChI is InChI=1S/C16H17NO3/c1-3-17(4-2)13-7-8-14-12(6-5-9-18)10-16(19)20-15(14)11-13/h5-11H,3-4H2,1-2H3/b6-5+. The number of aldehydes is 1. The van der Waals surface area contributed by atoms with Crippen molar-refractivity contribution in [3.05, 3.63) is 46.3 Å². The molecule has 2 rings (SSSR count). The fourth-order valence-corrected chi connectivity index (χ4v) is 2.24. The molecule has 0 fully saturated rings. The molecule has 0 aliphatic rings. The van der Waals surface area contributed by atoms with Crippen LogP contribution in [0.25, 0.3) is 17.0 Å². The van der Waals surface area contributed by atoms with Gasteiger partial charge in [-0.2, -0.15) is 0 Å². The molecule has 1 aromatic heterocycles. The fraction of sp³-hybridized carbons (Fsp3) is 0.250. The van der Waals surface area contributed by atoms with Gasteiger partial charge in [0, 0.05) is 36.3 Å². The summed E-state index contributed by atoms with van der Waals surface area (Å²) in [6.45, 7) is 5.92. The molecule has 2 aromatic rings. The van der Waals surface area contributed by atoms with E-state index in [0.29, 0.717) is 17.4 Å². The van der Waals surface area contributed by atoms with Gasteiger partial charge in [-0.3, -0.25) is 4.79 Å². The normalized spacial score (nSPS) is 11.1. The molecule has 4 nitrogen and oxygen atoms in total. The number of allylic oxidation sites excluding steroid dienone is 1. The SMILES string of the molecule is CCN(CC)c1ccc2c(/C=C/C=O)cc(=O)oc2c1. The Morgan fingerprint density at radius 2 is 1.95 bits per heavy atom. The van der Waals surface area contributed by atoms with Gasteiger partial charge in [0.25, 0.3) is 0 Å². The van der Waals surface area contributed by atoms with Crippen molar-refractivity contribution in [1.29, 1.82) is 0 Å². The topological polar surface area (TPSA) is 50.5 Å². The first-order chi connectivity index (χ1) is 9.69. The van der Waals surface area contributed by atoms with Crippen molar-refractivity contribution in [3.63, 3.8) is 0 Å². The number of fused-ring (bicyclic) bond motifs is 1. The van der Waals surface area contributed by atoms with Crippen LogP contribution in [0.15, 0.2) is 39.6 Å². The number of carbonyl (C=O) groups excluding carboxylic acids is 1. The Morgan fingerprint density at radius 3 is 2.60 bits per heavy atom. The maximum Gasteiger partial charge on any atom is 0.336 e. The molecule has 104 valence electrons. The van der Waals surface area contributed by atoms with Crippen LogP contribution in [0, 0.1) is 0 Å². The molecule has 0 unspecified atom stereocenters. The number of nitrogens with zero attached hydrogens (tertiary/aromatic N) is 1. The Morgan fingerprint density at radius 1 is 1.20 bits per heavy atom. The van der Waals surface area contributed by atoms with E-state index >= 15 is 0 Å². The van der Waals surface area contributed by atoms with Gasteiger partial charge in [-0.05, 0) is 37.6 Å². The van der Waals surface area contributed by atoms with Crippen LogP contribution in [0.4, 0.5) is 5.69 Å². The van der Waals surface area contributed by atoms with Crippen molar-refractivity contribution >= 4 is 29.0 Å². The second kappa shape index (κ2) is 6.19. The van der Waals surface area contributed by atoms with Crippen LogP contribution in [0.1, 0.15) is 19.4 Å². The highest BCUT2D eigenvalue weighted by atomic mass is 16.4. The second-order valence-electron chi connectivity index (χ2n) is 4.37. The van der Waals surface area contributed by atoms with E-state index in [1.54, 1.807) is 6.08 Å². The Balaban J connectivity index is 2.61. The summed E-state index contributed by atoms with van der Waals surface area (Å²) in [7, 11) is 0. The molecular formula is C16H17NO3. The summed E-state index contributed by atoms with van der Waals surface area (Å²) < 4.78 is 5.26. The van der Waals surface area contributed by atoms with E-state index in [9.17, 15) is 9.59 Å². The highest BCUT2D eigenvalue weighted by Crippen LogP contribution is 2.24. The molecule has 4 heteroatoms. The van der Waals surface area contributed by atoms with E-state index in [1.807, 2.05) is 18.2 Å². The zero-order valence-electron chi connectivity index (χ0n) is 11.6. The molecule has 0 spiro atoms. The summed E-state index contributed by atoms with van der Waals surface area (Å²) >= 11 is 0. The largest absolute Gasteiger partial charge is 0.423 e. The van der Waals surface area contributed by atoms with Gasteiger partial charge in [0.1, 0.15) is 11.9 Å². The fourth-order valence-electron chi connectivity index (χ4n) is 2.24. The summed E-state index contributed by atoms with van der Waals surface area (Å²) in [5, 5.41) is 0.818. The van der Waals surface area contributed by atoms with Crippen molar-refractivity contribution in [3.8, 4) is 0 Å². The van der Waals surface area contributed by atoms with Crippen LogP contribution >= 0.6 is 0 Å². The first-order valence-electron chi connectivity index (χ1n) is 6.64. The van der Waals surface area contributed by atoms with E-state index in [2.05, 4.69) is 18.7 Å². The molecule has 1 aromatic carbocycles. The van der Waals surface area contributed by atoms with Gasteiger partial charge < -0.3 is 9.32 Å². The third kappa shape index (κ3) is 2.79. The molecule has 0 aliphatic carbocycles. The lowest BCUT2D eigenvalue weighted by molar-refractivity contribution is -0.104. The Bertz CT molecular complexity index is 696. The minimum atomic E-state index is -0.417. The number of carbonyl (C=O) groups is 1.